The molecule has 12 heteroatoms. The second kappa shape index (κ2) is 8.68. The number of nitro benzene ring substituents is 1. The SMILES string of the molecule is Cc1c(C#N)c(N)nc(Nc2ccccc2)c1N=Nc1ccc([N+](=O)[O-])cc1C(F)(F)F. The van der Waals surface area contributed by atoms with Gasteiger partial charge in [0.15, 0.2) is 5.82 Å². The molecule has 162 valence electrons. The topological polar surface area (TPSA) is 143 Å². The van der Waals surface area contributed by atoms with Crippen molar-refractivity contribution in [1.82, 2.24) is 4.98 Å². The number of anilines is 3. The van der Waals surface area contributed by atoms with Gasteiger partial charge in [-0.3, -0.25) is 10.1 Å². The van der Waals surface area contributed by atoms with Crippen LogP contribution in [0.4, 0.5) is 47.6 Å². The van der Waals surface area contributed by atoms with Gasteiger partial charge in [0.05, 0.1) is 21.7 Å². The maximum absolute atomic E-state index is 13.4. The highest BCUT2D eigenvalue weighted by molar-refractivity contribution is 5.76. The van der Waals surface area contributed by atoms with Crippen molar-refractivity contribution in [3.8, 4) is 6.07 Å². The lowest BCUT2D eigenvalue weighted by Crippen LogP contribution is -2.06. The minimum atomic E-state index is -4.91. The van der Waals surface area contributed by atoms with Crippen molar-refractivity contribution in [3.63, 3.8) is 0 Å². The predicted octanol–water partition coefficient (Wildman–Crippen LogP) is 5.93. The molecule has 1 heterocycles. The molecule has 2 aromatic carbocycles. The molecule has 0 amide bonds. The molecule has 0 atom stereocenters. The third-order valence-corrected chi connectivity index (χ3v) is 4.35. The zero-order valence-electron chi connectivity index (χ0n) is 16.4. The highest BCUT2D eigenvalue weighted by Gasteiger charge is 2.35. The van der Waals surface area contributed by atoms with Crippen LogP contribution in [0.15, 0.2) is 58.8 Å². The third kappa shape index (κ3) is 4.62. The quantitative estimate of drug-likeness (QED) is 0.285. The number of nitrogen functional groups attached to an aromatic ring is 1. The van der Waals surface area contributed by atoms with E-state index in [9.17, 15) is 28.5 Å². The fourth-order valence-electron chi connectivity index (χ4n) is 2.78. The van der Waals surface area contributed by atoms with Gasteiger partial charge in [0.1, 0.15) is 17.6 Å². The molecule has 0 fully saturated rings. The van der Waals surface area contributed by atoms with E-state index >= 15 is 0 Å². The van der Waals surface area contributed by atoms with E-state index in [0.29, 0.717) is 11.8 Å². The Bertz CT molecular complexity index is 1250. The first-order chi connectivity index (χ1) is 15.1. The molecule has 0 aliphatic rings. The van der Waals surface area contributed by atoms with Crippen molar-refractivity contribution in [2.45, 2.75) is 13.1 Å². The summed E-state index contributed by atoms with van der Waals surface area (Å²) in [6.07, 6.45) is -4.91. The van der Waals surface area contributed by atoms with Gasteiger partial charge in [0, 0.05) is 23.4 Å². The van der Waals surface area contributed by atoms with E-state index in [1.54, 1.807) is 30.3 Å². The molecule has 0 radical (unpaired) electrons. The Balaban J connectivity index is 2.14. The zero-order valence-corrected chi connectivity index (χ0v) is 16.4. The van der Waals surface area contributed by atoms with Crippen molar-refractivity contribution in [2.24, 2.45) is 10.2 Å². The summed E-state index contributed by atoms with van der Waals surface area (Å²) in [5.74, 6) is -0.0156. The molecular formula is C20H14F3N7O2. The van der Waals surface area contributed by atoms with Gasteiger partial charge in [-0.2, -0.15) is 18.4 Å². The number of azo groups is 1. The number of halogens is 3. The van der Waals surface area contributed by atoms with Crippen molar-refractivity contribution in [1.29, 1.82) is 5.26 Å². The van der Waals surface area contributed by atoms with Crippen LogP contribution in [0.25, 0.3) is 0 Å². The van der Waals surface area contributed by atoms with E-state index < -0.39 is 28.0 Å². The lowest BCUT2D eigenvalue weighted by molar-refractivity contribution is -0.385. The van der Waals surface area contributed by atoms with Crippen LogP contribution in [-0.4, -0.2) is 9.91 Å². The fraction of sp³-hybridized carbons (Fsp3) is 0.100. The Morgan fingerprint density at radius 2 is 1.88 bits per heavy atom. The third-order valence-electron chi connectivity index (χ3n) is 4.35. The number of nitrogens with two attached hydrogens (primary N) is 1. The van der Waals surface area contributed by atoms with E-state index in [4.69, 9.17) is 5.73 Å². The highest BCUT2D eigenvalue weighted by Crippen LogP contribution is 2.40. The molecule has 0 aliphatic heterocycles. The Morgan fingerprint density at radius 3 is 2.47 bits per heavy atom. The average molecular weight is 441 g/mol. The van der Waals surface area contributed by atoms with Crippen LogP contribution in [0.3, 0.4) is 0 Å². The number of hydrogen-bond donors (Lipinski definition) is 2. The molecule has 0 saturated carbocycles. The molecule has 0 spiro atoms. The summed E-state index contributed by atoms with van der Waals surface area (Å²) in [7, 11) is 0. The average Bonchev–Trinajstić information content (AvgIpc) is 2.73. The molecule has 3 rings (SSSR count). The van der Waals surface area contributed by atoms with Crippen LogP contribution < -0.4 is 11.1 Å². The van der Waals surface area contributed by atoms with Crippen molar-refractivity contribution in [2.75, 3.05) is 11.1 Å². The second-order valence-electron chi connectivity index (χ2n) is 6.45. The summed E-state index contributed by atoms with van der Waals surface area (Å²) in [5.41, 5.74) is 3.96. The van der Waals surface area contributed by atoms with Gasteiger partial charge in [-0.15, -0.1) is 10.2 Å². The number of nitriles is 1. The summed E-state index contributed by atoms with van der Waals surface area (Å²) in [6, 6.07) is 12.7. The summed E-state index contributed by atoms with van der Waals surface area (Å²) >= 11 is 0. The lowest BCUT2D eigenvalue weighted by Gasteiger charge is -2.13. The van der Waals surface area contributed by atoms with Crippen LogP contribution in [-0.2, 0) is 6.18 Å². The van der Waals surface area contributed by atoms with Gasteiger partial charge in [0.2, 0.25) is 0 Å². The number of alkyl halides is 3. The molecule has 3 N–H and O–H groups in total. The Kier molecular flexibility index (Phi) is 6.01. The molecule has 1 aromatic heterocycles. The van der Waals surface area contributed by atoms with E-state index in [-0.39, 0.29) is 28.5 Å². The maximum atomic E-state index is 13.4. The van der Waals surface area contributed by atoms with Gasteiger partial charge >= 0.3 is 6.18 Å². The number of nitrogens with zero attached hydrogens (tertiary/aromatic N) is 5. The Labute approximate surface area is 179 Å². The maximum Gasteiger partial charge on any atom is 0.418 e. The number of nitro groups is 1. The number of para-hydroxylation sites is 1. The lowest BCUT2D eigenvalue weighted by atomic mass is 10.1. The minimum Gasteiger partial charge on any atom is -0.383 e. The number of rotatable bonds is 5. The number of nitrogens with one attached hydrogen (secondary N) is 1. The first-order valence-electron chi connectivity index (χ1n) is 8.91. The van der Waals surface area contributed by atoms with Crippen LogP contribution >= 0.6 is 0 Å². The van der Waals surface area contributed by atoms with Gasteiger partial charge in [-0.25, -0.2) is 4.98 Å². The van der Waals surface area contributed by atoms with Gasteiger partial charge in [-0.05, 0) is 25.1 Å². The van der Waals surface area contributed by atoms with Gasteiger partial charge < -0.3 is 11.1 Å². The molecule has 0 aliphatic carbocycles. The summed E-state index contributed by atoms with van der Waals surface area (Å²) in [5, 5.41) is 30.7. The first kappa shape index (κ1) is 22.2. The van der Waals surface area contributed by atoms with Crippen LogP contribution in [0.1, 0.15) is 16.7 Å². The molecule has 9 nitrogen and oxygen atoms in total. The monoisotopic (exact) mass is 441 g/mol. The van der Waals surface area contributed by atoms with Crippen molar-refractivity contribution < 1.29 is 18.1 Å². The molecule has 3 aromatic rings. The summed E-state index contributed by atoms with van der Waals surface area (Å²) in [6.45, 7) is 1.50. The van der Waals surface area contributed by atoms with E-state index in [1.165, 1.54) is 6.92 Å². The van der Waals surface area contributed by atoms with Gasteiger partial charge in [0.25, 0.3) is 5.69 Å². The van der Waals surface area contributed by atoms with E-state index in [0.717, 1.165) is 12.1 Å². The predicted molar refractivity (Wildman–Crippen MR) is 110 cm³/mol. The Hall–Kier alpha value is -4.53. The van der Waals surface area contributed by atoms with E-state index in [2.05, 4.69) is 20.5 Å². The smallest absolute Gasteiger partial charge is 0.383 e. The van der Waals surface area contributed by atoms with Crippen LogP contribution in [0, 0.1) is 28.4 Å². The Morgan fingerprint density at radius 1 is 1.19 bits per heavy atom. The highest BCUT2D eigenvalue weighted by atomic mass is 19.4. The fourth-order valence-corrected chi connectivity index (χ4v) is 2.78. The number of non-ortho nitro benzene ring substituents is 1. The van der Waals surface area contributed by atoms with E-state index in [1.807, 2.05) is 6.07 Å². The van der Waals surface area contributed by atoms with Crippen molar-refractivity contribution >= 4 is 34.4 Å². The van der Waals surface area contributed by atoms with Crippen molar-refractivity contribution in [3.05, 3.63) is 75.3 Å². The number of aromatic nitrogens is 1. The summed E-state index contributed by atoms with van der Waals surface area (Å²) in [4.78, 5) is 14.0. The number of pyridine rings is 1. The standard InChI is InChI=1S/C20H14F3N7O2/c1-11-14(10-24)18(25)27-19(26-12-5-3-2-4-6-12)17(11)29-28-16-8-7-13(30(31)32)9-15(16)20(21,22)23/h2-9H,1H3,(H3,25,26,27). The van der Waals surface area contributed by atoms with Crippen LogP contribution in [0.5, 0.6) is 0 Å². The van der Waals surface area contributed by atoms with Gasteiger partial charge in [-0.1, -0.05) is 18.2 Å². The molecule has 32 heavy (non-hydrogen) atoms. The number of hydrogen-bond acceptors (Lipinski definition) is 8. The first-order valence-corrected chi connectivity index (χ1v) is 8.91. The summed E-state index contributed by atoms with van der Waals surface area (Å²) < 4.78 is 40.3. The second-order valence-corrected chi connectivity index (χ2v) is 6.45. The molecule has 0 saturated heterocycles. The molecular weight excluding hydrogens is 427 g/mol. The molecule has 0 bridgehead atoms. The largest absolute Gasteiger partial charge is 0.418 e. The minimum absolute atomic E-state index is 0.00249. The number of benzene rings is 2. The molecule has 0 unspecified atom stereocenters. The zero-order chi connectivity index (χ0) is 23.5. The normalized spacial score (nSPS) is 11.3. The van der Waals surface area contributed by atoms with Crippen LogP contribution in [0.2, 0.25) is 0 Å².